The van der Waals surface area contributed by atoms with E-state index in [4.69, 9.17) is 0 Å². The number of nitrogens with zero attached hydrogens (tertiary/aromatic N) is 1. The minimum atomic E-state index is -4.47. The Morgan fingerprint density at radius 3 is 2.70 bits per heavy atom. The number of hydrogen-bond acceptors (Lipinski definition) is 3. The highest BCUT2D eigenvalue weighted by atomic mass is 19.4. The van der Waals surface area contributed by atoms with Gasteiger partial charge in [0.1, 0.15) is 11.5 Å². The Bertz CT molecular complexity index is 449. The first kappa shape index (κ1) is 16.3. The van der Waals surface area contributed by atoms with E-state index < -0.39 is 11.9 Å². The van der Waals surface area contributed by atoms with E-state index >= 15 is 0 Å². The molecule has 0 aliphatic heterocycles. The van der Waals surface area contributed by atoms with Gasteiger partial charge in [0.25, 0.3) is 0 Å². The van der Waals surface area contributed by atoms with Crippen LogP contribution < -0.4 is 10.6 Å². The summed E-state index contributed by atoms with van der Waals surface area (Å²) in [6.07, 6.45) is -3.46. The van der Waals surface area contributed by atoms with Gasteiger partial charge in [-0.05, 0) is 25.5 Å². The molecule has 1 heterocycles. The molecule has 0 bridgehead atoms. The molecule has 0 aliphatic rings. The molecule has 4 nitrogen and oxygen atoms in total. The van der Waals surface area contributed by atoms with E-state index in [2.05, 4.69) is 15.6 Å². The van der Waals surface area contributed by atoms with Crippen molar-refractivity contribution in [2.24, 2.45) is 0 Å². The summed E-state index contributed by atoms with van der Waals surface area (Å²) < 4.78 is 37.3. The predicted octanol–water partition coefficient (Wildman–Crippen LogP) is 2.82. The molecule has 0 aromatic carbocycles. The van der Waals surface area contributed by atoms with Crippen LogP contribution in [0.15, 0.2) is 18.2 Å². The Balaban J connectivity index is 2.45. The van der Waals surface area contributed by atoms with E-state index in [1.807, 2.05) is 13.8 Å². The Kier molecular flexibility index (Phi) is 5.79. The fourth-order valence-electron chi connectivity index (χ4n) is 1.44. The maximum Gasteiger partial charge on any atom is 0.433 e. The number of pyridine rings is 1. The van der Waals surface area contributed by atoms with Gasteiger partial charge >= 0.3 is 6.18 Å². The van der Waals surface area contributed by atoms with E-state index in [1.54, 1.807) is 0 Å². The van der Waals surface area contributed by atoms with Crippen molar-refractivity contribution in [1.82, 2.24) is 10.3 Å². The van der Waals surface area contributed by atoms with Gasteiger partial charge in [0.2, 0.25) is 5.91 Å². The van der Waals surface area contributed by atoms with Gasteiger partial charge in [-0.2, -0.15) is 13.2 Å². The second-order valence-electron chi connectivity index (χ2n) is 4.46. The number of alkyl halides is 3. The first-order chi connectivity index (χ1) is 9.32. The van der Waals surface area contributed by atoms with Crippen LogP contribution in [0.2, 0.25) is 0 Å². The number of rotatable bonds is 6. The van der Waals surface area contributed by atoms with Gasteiger partial charge < -0.3 is 10.6 Å². The summed E-state index contributed by atoms with van der Waals surface area (Å²) in [6, 6.07) is 3.70. The van der Waals surface area contributed by atoms with Gasteiger partial charge in [-0.25, -0.2) is 4.98 Å². The monoisotopic (exact) mass is 289 g/mol. The quantitative estimate of drug-likeness (QED) is 0.846. The molecule has 2 N–H and O–H groups in total. The zero-order chi connectivity index (χ0) is 15.2. The van der Waals surface area contributed by atoms with Crippen molar-refractivity contribution in [2.75, 3.05) is 11.9 Å². The van der Waals surface area contributed by atoms with Crippen LogP contribution in [0.4, 0.5) is 19.0 Å². The summed E-state index contributed by atoms with van der Waals surface area (Å²) in [6.45, 7) is 4.08. The van der Waals surface area contributed by atoms with Crippen molar-refractivity contribution < 1.29 is 18.0 Å². The lowest BCUT2D eigenvalue weighted by atomic mass is 10.2. The highest BCUT2D eigenvalue weighted by Gasteiger charge is 2.32. The molecule has 1 unspecified atom stereocenters. The number of halogens is 3. The maximum absolute atomic E-state index is 12.4. The van der Waals surface area contributed by atoms with Crippen molar-refractivity contribution >= 4 is 11.7 Å². The summed E-state index contributed by atoms with van der Waals surface area (Å²) in [4.78, 5) is 14.9. The molecule has 0 fully saturated rings. The average Bonchev–Trinajstić information content (AvgIpc) is 2.38. The summed E-state index contributed by atoms with van der Waals surface area (Å²) >= 11 is 0. The van der Waals surface area contributed by atoms with Gasteiger partial charge in [0.15, 0.2) is 0 Å². The summed E-state index contributed by atoms with van der Waals surface area (Å²) in [7, 11) is 0. The van der Waals surface area contributed by atoms with Crippen LogP contribution in [0, 0.1) is 0 Å². The van der Waals surface area contributed by atoms with Gasteiger partial charge in [-0.1, -0.05) is 13.0 Å². The Morgan fingerprint density at radius 2 is 2.10 bits per heavy atom. The number of carbonyl (C=O) groups excluding carboxylic acids is 1. The minimum absolute atomic E-state index is 0.0918. The molecular formula is C13H18F3N3O. The molecule has 1 atom stereocenters. The second-order valence-corrected chi connectivity index (χ2v) is 4.46. The number of hydrogen-bond donors (Lipinski definition) is 2. The molecule has 0 radical (unpaired) electrons. The average molecular weight is 289 g/mol. The van der Waals surface area contributed by atoms with Crippen LogP contribution in [0.3, 0.4) is 0 Å². The van der Waals surface area contributed by atoms with Crippen molar-refractivity contribution in [1.29, 1.82) is 0 Å². The van der Waals surface area contributed by atoms with Crippen LogP contribution in [-0.4, -0.2) is 23.5 Å². The summed E-state index contributed by atoms with van der Waals surface area (Å²) in [5.74, 6) is -0.0324. The third-order valence-electron chi connectivity index (χ3n) is 2.72. The van der Waals surface area contributed by atoms with Crippen molar-refractivity contribution in [3.8, 4) is 0 Å². The SMILES string of the molecule is CCC(C)NC(=O)CCNc1cccc(C(F)(F)F)n1. The zero-order valence-corrected chi connectivity index (χ0v) is 11.4. The predicted molar refractivity (Wildman–Crippen MR) is 70.2 cm³/mol. The molecule has 0 saturated carbocycles. The third kappa shape index (κ3) is 5.46. The van der Waals surface area contributed by atoms with E-state index in [0.29, 0.717) is 0 Å². The lowest BCUT2D eigenvalue weighted by molar-refractivity contribution is -0.141. The Hall–Kier alpha value is -1.79. The summed E-state index contributed by atoms with van der Waals surface area (Å²) in [5, 5.41) is 5.48. The molecule has 1 aromatic heterocycles. The first-order valence-corrected chi connectivity index (χ1v) is 6.40. The van der Waals surface area contributed by atoms with Crippen molar-refractivity contribution in [3.05, 3.63) is 23.9 Å². The third-order valence-corrected chi connectivity index (χ3v) is 2.72. The maximum atomic E-state index is 12.4. The minimum Gasteiger partial charge on any atom is -0.370 e. The molecule has 20 heavy (non-hydrogen) atoms. The molecule has 0 spiro atoms. The number of aromatic nitrogens is 1. The fourth-order valence-corrected chi connectivity index (χ4v) is 1.44. The molecular weight excluding hydrogens is 271 g/mol. The zero-order valence-electron chi connectivity index (χ0n) is 11.4. The Morgan fingerprint density at radius 1 is 1.40 bits per heavy atom. The molecule has 1 amide bonds. The van der Waals surface area contributed by atoms with Gasteiger partial charge in [-0.3, -0.25) is 4.79 Å². The largest absolute Gasteiger partial charge is 0.433 e. The number of amides is 1. The molecule has 1 rings (SSSR count). The van der Waals surface area contributed by atoms with Crippen LogP contribution in [0.1, 0.15) is 32.4 Å². The van der Waals surface area contributed by atoms with E-state index in [0.717, 1.165) is 12.5 Å². The lowest BCUT2D eigenvalue weighted by Gasteiger charge is -2.12. The van der Waals surface area contributed by atoms with Crippen LogP contribution >= 0.6 is 0 Å². The highest BCUT2D eigenvalue weighted by Crippen LogP contribution is 2.28. The van der Waals surface area contributed by atoms with Gasteiger partial charge in [0.05, 0.1) is 0 Å². The number of nitrogens with one attached hydrogen (secondary N) is 2. The van der Waals surface area contributed by atoms with Crippen LogP contribution in [0.25, 0.3) is 0 Å². The first-order valence-electron chi connectivity index (χ1n) is 6.40. The van der Waals surface area contributed by atoms with Gasteiger partial charge in [-0.15, -0.1) is 0 Å². The number of anilines is 1. The van der Waals surface area contributed by atoms with Crippen molar-refractivity contribution in [3.63, 3.8) is 0 Å². The summed E-state index contributed by atoms with van der Waals surface area (Å²) in [5.41, 5.74) is -0.952. The van der Waals surface area contributed by atoms with E-state index in [-0.39, 0.29) is 30.7 Å². The lowest BCUT2D eigenvalue weighted by Crippen LogP contribution is -2.33. The van der Waals surface area contributed by atoms with Crippen LogP contribution in [-0.2, 0) is 11.0 Å². The molecule has 7 heteroatoms. The van der Waals surface area contributed by atoms with E-state index in [9.17, 15) is 18.0 Å². The molecule has 0 saturated heterocycles. The smallest absolute Gasteiger partial charge is 0.370 e. The second kappa shape index (κ2) is 7.12. The van der Waals surface area contributed by atoms with Crippen molar-refractivity contribution in [2.45, 2.75) is 38.9 Å². The molecule has 0 aliphatic carbocycles. The van der Waals surface area contributed by atoms with E-state index in [1.165, 1.54) is 12.1 Å². The molecule has 112 valence electrons. The highest BCUT2D eigenvalue weighted by molar-refractivity contribution is 5.76. The Labute approximate surface area is 115 Å². The number of carbonyl (C=O) groups is 1. The fraction of sp³-hybridized carbons (Fsp3) is 0.538. The van der Waals surface area contributed by atoms with Crippen LogP contribution in [0.5, 0.6) is 0 Å². The standard InChI is InChI=1S/C13H18F3N3O/c1-3-9(2)18-12(20)7-8-17-11-6-4-5-10(19-11)13(14,15)16/h4-6,9H,3,7-8H2,1-2H3,(H,17,19)(H,18,20). The topological polar surface area (TPSA) is 54.0 Å². The normalized spacial score (nSPS) is 12.8. The van der Waals surface area contributed by atoms with Gasteiger partial charge in [0, 0.05) is 19.0 Å². The molecule has 1 aromatic rings.